The van der Waals surface area contributed by atoms with Crippen LogP contribution < -0.4 is 11.1 Å². The summed E-state index contributed by atoms with van der Waals surface area (Å²) < 4.78 is 0. The zero-order chi connectivity index (χ0) is 13.7. The number of hydrogen-bond donors (Lipinski definition) is 3. The van der Waals surface area contributed by atoms with Gasteiger partial charge >= 0.3 is 5.97 Å². The van der Waals surface area contributed by atoms with E-state index < -0.39 is 30.2 Å². The summed E-state index contributed by atoms with van der Waals surface area (Å²) in [6.45, 7) is 1.73. The van der Waals surface area contributed by atoms with Crippen LogP contribution >= 0.6 is 0 Å². The maximum atomic E-state index is 11.8. The minimum absolute atomic E-state index is 0.369. The fraction of sp³-hybridized carbons (Fsp3) is 0.250. The molecule has 0 aliphatic carbocycles. The molecule has 6 heteroatoms. The van der Waals surface area contributed by atoms with Gasteiger partial charge in [0.25, 0.3) is 5.91 Å². The van der Waals surface area contributed by atoms with Gasteiger partial charge in [-0.3, -0.25) is 9.59 Å². The van der Waals surface area contributed by atoms with Crippen LogP contribution in [0.5, 0.6) is 0 Å². The van der Waals surface area contributed by atoms with E-state index in [-0.39, 0.29) is 0 Å². The summed E-state index contributed by atoms with van der Waals surface area (Å²) in [6, 6.07) is 5.44. The first-order valence-electron chi connectivity index (χ1n) is 5.29. The van der Waals surface area contributed by atoms with E-state index in [0.29, 0.717) is 5.56 Å². The van der Waals surface area contributed by atoms with Crippen LogP contribution in [0.15, 0.2) is 24.3 Å². The highest BCUT2D eigenvalue weighted by Crippen LogP contribution is 2.07. The first-order valence-corrected chi connectivity index (χ1v) is 5.29. The number of carbonyl (C=O) groups is 3. The van der Waals surface area contributed by atoms with Gasteiger partial charge in [0.1, 0.15) is 6.04 Å². The third kappa shape index (κ3) is 3.58. The number of amides is 2. The van der Waals surface area contributed by atoms with Crippen molar-refractivity contribution in [2.75, 3.05) is 0 Å². The fourth-order valence-corrected chi connectivity index (χ4v) is 1.46. The van der Waals surface area contributed by atoms with Crippen molar-refractivity contribution in [3.05, 3.63) is 35.4 Å². The smallest absolute Gasteiger partial charge is 0.326 e. The number of benzene rings is 1. The maximum absolute atomic E-state index is 11.8. The molecule has 1 aromatic rings. The Balaban J connectivity index is 2.82. The second kappa shape index (κ2) is 5.81. The summed E-state index contributed by atoms with van der Waals surface area (Å²) in [7, 11) is 0. The molecule has 1 unspecified atom stereocenters. The molecule has 0 radical (unpaired) electrons. The van der Waals surface area contributed by atoms with E-state index in [1.54, 1.807) is 31.2 Å². The number of aliphatic carboxylic acids is 1. The topological polar surface area (TPSA) is 109 Å². The molecule has 1 aromatic carbocycles. The number of nitrogens with two attached hydrogens (primary N) is 1. The van der Waals surface area contributed by atoms with Crippen LogP contribution in [0.1, 0.15) is 22.3 Å². The van der Waals surface area contributed by atoms with Crippen LogP contribution in [-0.4, -0.2) is 28.9 Å². The minimum Gasteiger partial charge on any atom is -0.480 e. The number of primary amides is 1. The normalized spacial score (nSPS) is 11.6. The summed E-state index contributed by atoms with van der Waals surface area (Å²) in [6.07, 6.45) is -0.438. The van der Waals surface area contributed by atoms with Crippen molar-refractivity contribution in [2.24, 2.45) is 5.73 Å². The molecule has 0 aromatic heterocycles. The first kappa shape index (κ1) is 13.7. The highest BCUT2D eigenvalue weighted by Gasteiger charge is 2.23. The van der Waals surface area contributed by atoms with Gasteiger partial charge in [-0.15, -0.1) is 0 Å². The number of carboxylic acid groups (broad SMARTS) is 1. The van der Waals surface area contributed by atoms with Gasteiger partial charge in [0.15, 0.2) is 0 Å². The van der Waals surface area contributed by atoms with Gasteiger partial charge in [-0.2, -0.15) is 0 Å². The predicted molar refractivity (Wildman–Crippen MR) is 63.9 cm³/mol. The summed E-state index contributed by atoms with van der Waals surface area (Å²) in [4.78, 5) is 33.4. The number of carboxylic acids is 1. The molecule has 0 saturated carbocycles. The largest absolute Gasteiger partial charge is 0.480 e. The monoisotopic (exact) mass is 250 g/mol. The number of aryl methyl sites for hydroxylation is 1. The van der Waals surface area contributed by atoms with E-state index in [2.05, 4.69) is 5.32 Å². The molecule has 1 rings (SSSR count). The molecular formula is C12H14N2O4. The molecule has 0 heterocycles. The van der Waals surface area contributed by atoms with E-state index in [0.717, 1.165) is 5.56 Å². The summed E-state index contributed by atoms with van der Waals surface area (Å²) in [5.41, 5.74) is 6.01. The molecule has 2 amide bonds. The van der Waals surface area contributed by atoms with E-state index in [1.165, 1.54) is 0 Å². The molecular weight excluding hydrogens is 236 g/mol. The molecule has 6 nitrogen and oxygen atoms in total. The molecule has 0 aliphatic rings. The lowest BCUT2D eigenvalue weighted by atomic mass is 10.1. The summed E-state index contributed by atoms with van der Waals surface area (Å²) >= 11 is 0. The molecule has 96 valence electrons. The minimum atomic E-state index is -1.31. The average Bonchev–Trinajstić information content (AvgIpc) is 2.27. The number of nitrogens with one attached hydrogen (secondary N) is 1. The van der Waals surface area contributed by atoms with Crippen LogP contribution in [0, 0.1) is 6.92 Å². The van der Waals surface area contributed by atoms with Crippen LogP contribution in [0.2, 0.25) is 0 Å². The Morgan fingerprint density at radius 2 is 1.94 bits per heavy atom. The Morgan fingerprint density at radius 1 is 1.33 bits per heavy atom. The molecule has 0 fully saturated rings. The third-order valence-corrected chi connectivity index (χ3v) is 2.40. The number of rotatable bonds is 5. The zero-order valence-electron chi connectivity index (χ0n) is 9.84. The van der Waals surface area contributed by atoms with Crippen molar-refractivity contribution >= 4 is 17.8 Å². The summed E-state index contributed by atoms with van der Waals surface area (Å²) in [5, 5.41) is 11.1. The van der Waals surface area contributed by atoms with E-state index in [9.17, 15) is 14.4 Å². The van der Waals surface area contributed by atoms with Gasteiger partial charge in [-0.25, -0.2) is 4.79 Å². The third-order valence-electron chi connectivity index (χ3n) is 2.40. The van der Waals surface area contributed by atoms with Gasteiger partial charge in [-0.1, -0.05) is 18.2 Å². The number of carbonyl (C=O) groups excluding carboxylic acids is 2. The highest BCUT2D eigenvalue weighted by molar-refractivity contribution is 5.98. The molecule has 0 aliphatic heterocycles. The van der Waals surface area contributed by atoms with E-state index >= 15 is 0 Å². The van der Waals surface area contributed by atoms with Crippen molar-refractivity contribution in [1.82, 2.24) is 5.32 Å². The second-order valence-electron chi connectivity index (χ2n) is 3.85. The molecule has 0 bridgehead atoms. The van der Waals surface area contributed by atoms with Crippen LogP contribution in [-0.2, 0) is 9.59 Å². The highest BCUT2D eigenvalue weighted by atomic mass is 16.4. The van der Waals surface area contributed by atoms with Crippen molar-refractivity contribution in [3.63, 3.8) is 0 Å². The van der Waals surface area contributed by atoms with Gasteiger partial charge in [-0.05, 0) is 18.6 Å². The Kier molecular flexibility index (Phi) is 4.42. The maximum Gasteiger partial charge on any atom is 0.326 e. The second-order valence-corrected chi connectivity index (χ2v) is 3.85. The van der Waals surface area contributed by atoms with E-state index in [4.69, 9.17) is 10.8 Å². The summed E-state index contributed by atoms with van der Waals surface area (Å²) in [5.74, 6) is -2.62. The molecule has 0 spiro atoms. The van der Waals surface area contributed by atoms with E-state index in [1.807, 2.05) is 0 Å². The van der Waals surface area contributed by atoms with Crippen LogP contribution in [0.4, 0.5) is 0 Å². The quantitative estimate of drug-likeness (QED) is 0.686. The predicted octanol–water partition coefficient (Wildman–Crippen LogP) is 0.0534. The van der Waals surface area contributed by atoms with Crippen molar-refractivity contribution in [1.29, 1.82) is 0 Å². The van der Waals surface area contributed by atoms with Crippen LogP contribution in [0.25, 0.3) is 0 Å². The average molecular weight is 250 g/mol. The van der Waals surface area contributed by atoms with Gasteiger partial charge in [0.2, 0.25) is 5.91 Å². The molecule has 4 N–H and O–H groups in total. The molecule has 1 atom stereocenters. The Hall–Kier alpha value is -2.37. The zero-order valence-corrected chi connectivity index (χ0v) is 9.84. The number of hydrogen-bond acceptors (Lipinski definition) is 3. The Labute approximate surface area is 104 Å². The Morgan fingerprint density at radius 3 is 2.44 bits per heavy atom. The lowest BCUT2D eigenvalue weighted by Crippen LogP contribution is -2.43. The van der Waals surface area contributed by atoms with Gasteiger partial charge in [0.05, 0.1) is 6.42 Å². The lowest BCUT2D eigenvalue weighted by molar-refractivity contribution is -0.140. The van der Waals surface area contributed by atoms with Crippen molar-refractivity contribution in [3.8, 4) is 0 Å². The van der Waals surface area contributed by atoms with Crippen LogP contribution in [0.3, 0.4) is 0 Å². The van der Waals surface area contributed by atoms with Crippen molar-refractivity contribution in [2.45, 2.75) is 19.4 Å². The molecule has 0 saturated heterocycles. The standard InChI is InChI=1S/C12H14N2O4/c1-7-4-2-3-5-8(7)11(16)14-9(12(17)18)6-10(13)15/h2-5,9H,6H2,1H3,(H2,13,15)(H,14,16)(H,17,18). The van der Waals surface area contributed by atoms with Gasteiger partial charge < -0.3 is 16.2 Å². The fourth-order valence-electron chi connectivity index (χ4n) is 1.46. The Bertz CT molecular complexity index is 485. The van der Waals surface area contributed by atoms with Gasteiger partial charge in [0, 0.05) is 5.56 Å². The molecule has 18 heavy (non-hydrogen) atoms. The first-order chi connectivity index (χ1) is 8.41. The lowest BCUT2D eigenvalue weighted by Gasteiger charge is -2.13. The van der Waals surface area contributed by atoms with Crippen molar-refractivity contribution < 1.29 is 19.5 Å². The SMILES string of the molecule is Cc1ccccc1C(=O)NC(CC(N)=O)C(=O)O.